The molecule has 3 rings (SSSR count). The first kappa shape index (κ1) is 18.9. The molecular weight excluding hydrogens is 322 g/mol. The fourth-order valence-corrected chi connectivity index (χ4v) is 3.82. The summed E-state index contributed by atoms with van der Waals surface area (Å²) in [5.74, 6) is 0. The second-order valence-corrected chi connectivity index (χ2v) is 6.96. The van der Waals surface area contributed by atoms with Crippen molar-refractivity contribution in [3.63, 3.8) is 0 Å². The van der Waals surface area contributed by atoms with E-state index in [1.165, 1.54) is 16.7 Å². The molecule has 4 nitrogen and oxygen atoms in total. The summed E-state index contributed by atoms with van der Waals surface area (Å²) >= 11 is 0. The molecule has 1 aliphatic heterocycles. The lowest BCUT2D eigenvalue weighted by Gasteiger charge is -2.41. The summed E-state index contributed by atoms with van der Waals surface area (Å²) in [5.41, 5.74) is 10.2. The van der Waals surface area contributed by atoms with Crippen LogP contribution < -0.4 is 11.1 Å². The van der Waals surface area contributed by atoms with E-state index in [1.807, 2.05) is 6.07 Å². The number of nitrogen functional groups attached to an aromatic ring is 1. The van der Waals surface area contributed by atoms with Gasteiger partial charge in [-0.2, -0.15) is 0 Å². The van der Waals surface area contributed by atoms with E-state index in [-0.39, 0.29) is 0 Å². The van der Waals surface area contributed by atoms with Crippen molar-refractivity contribution < 1.29 is 4.74 Å². The molecular formula is C22H31N3O. The van der Waals surface area contributed by atoms with Crippen LogP contribution in [0, 0.1) is 0 Å². The van der Waals surface area contributed by atoms with Crippen molar-refractivity contribution in [3.05, 3.63) is 65.2 Å². The maximum atomic E-state index is 6.58. The maximum absolute atomic E-state index is 6.58. The molecule has 1 unspecified atom stereocenters. The predicted octanol–water partition coefficient (Wildman–Crippen LogP) is 3.17. The fraction of sp³-hybridized carbons (Fsp3) is 0.455. The molecule has 1 atom stereocenters. The van der Waals surface area contributed by atoms with Gasteiger partial charge in [0.05, 0.1) is 6.61 Å². The zero-order valence-electron chi connectivity index (χ0n) is 16.0. The molecule has 140 valence electrons. The molecule has 26 heavy (non-hydrogen) atoms. The minimum Gasteiger partial charge on any atom is -0.399 e. The van der Waals surface area contributed by atoms with Gasteiger partial charge in [-0.05, 0) is 42.8 Å². The Morgan fingerprint density at radius 3 is 2.62 bits per heavy atom. The van der Waals surface area contributed by atoms with Crippen LogP contribution in [0.5, 0.6) is 0 Å². The molecule has 0 amide bonds. The highest BCUT2D eigenvalue weighted by atomic mass is 16.5. The van der Waals surface area contributed by atoms with Crippen LogP contribution in [0.3, 0.4) is 0 Å². The molecule has 1 aliphatic rings. The lowest BCUT2D eigenvalue weighted by Crippen LogP contribution is -2.52. The molecule has 2 aromatic carbocycles. The van der Waals surface area contributed by atoms with Crippen LogP contribution in [0.15, 0.2) is 48.5 Å². The first-order valence-corrected chi connectivity index (χ1v) is 9.71. The topological polar surface area (TPSA) is 50.5 Å². The standard InChI is InChI=1S/C22H31N3O/c1-3-25(4-2)14-15-26-22(17-18-8-6-5-7-9-18)21-11-10-20(23)16-19(21)12-13-24-22/h5-11,16,24H,3-4,12-15,17,23H2,1-2H3. The Morgan fingerprint density at radius 1 is 1.12 bits per heavy atom. The zero-order chi connectivity index (χ0) is 18.4. The van der Waals surface area contributed by atoms with Crippen molar-refractivity contribution in [3.8, 4) is 0 Å². The van der Waals surface area contributed by atoms with E-state index in [9.17, 15) is 0 Å². The van der Waals surface area contributed by atoms with Crippen molar-refractivity contribution in [1.29, 1.82) is 0 Å². The van der Waals surface area contributed by atoms with Gasteiger partial charge >= 0.3 is 0 Å². The largest absolute Gasteiger partial charge is 0.399 e. The van der Waals surface area contributed by atoms with Crippen LogP contribution >= 0.6 is 0 Å². The predicted molar refractivity (Wildman–Crippen MR) is 108 cm³/mol. The minimum atomic E-state index is -0.490. The Hall–Kier alpha value is -1.88. The molecule has 4 heteroatoms. The second-order valence-electron chi connectivity index (χ2n) is 6.96. The summed E-state index contributed by atoms with van der Waals surface area (Å²) in [6.45, 7) is 9.02. The van der Waals surface area contributed by atoms with E-state index in [1.54, 1.807) is 0 Å². The number of anilines is 1. The van der Waals surface area contributed by atoms with Gasteiger partial charge in [0.2, 0.25) is 0 Å². The van der Waals surface area contributed by atoms with Crippen molar-refractivity contribution in [2.45, 2.75) is 32.4 Å². The van der Waals surface area contributed by atoms with E-state index in [0.29, 0.717) is 6.61 Å². The number of nitrogens with one attached hydrogen (secondary N) is 1. The Labute approximate surface area is 157 Å². The highest BCUT2D eigenvalue weighted by molar-refractivity contribution is 5.48. The van der Waals surface area contributed by atoms with Gasteiger partial charge in [-0.1, -0.05) is 50.2 Å². The number of benzene rings is 2. The monoisotopic (exact) mass is 353 g/mol. The minimum absolute atomic E-state index is 0.490. The molecule has 0 saturated heterocycles. The number of fused-ring (bicyclic) bond motifs is 1. The Kier molecular flexibility index (Phi) is 6.30. The number of hydrogen-bond acceptors (Lipinski definition) is 4. The SMILES string of the molecule is CCN(CC)CCOC1(Cc2ccccc2)NCCc2cc(N)ccc21. The molecule has 0 aromatic heterocycles. The fourth-order valence-electron chi connectivity index (χ4n) is 3.82. The van der Waals surface area contributed by atoms with Gasteiger partial charge < -0.3 is 15.4 Å². The average Bonchev–Trinajstić information content (AvgIpc) is 2.66. The van der Waals surface area contributed by atoms with Gasteiger partial charge in [0, 0.05) is 30.8 Å². The normalized spacial score (nSPS) is 19.5. The van der Waals surface area contributed by atoms with Gasteiger partial charge in [-0.3, -0.25) is 5.32 Å². The van der Waals surface area contributed by atoms with Gasteiger partial charge in [0.25, 0.3) is 0 Å². The van der Waals surface area contributed by atoms with Gasteiger partial charge in [0.15, 0.2) is 0 Å². The summed E-state index contributed by atoms with van der Waals surface area (Å²) < 4.78 is 6.58. The van der Waals surface area contributed by atoms with Crippen LogP contribution in [0.1, 0.15) is 30.5 Å². The lowest BCUT2D eigenvalue weighted by molar-refractivity contribution is -0.0862. The van der Waals surface area contributed by atoms with Crippen LogP contribution in [-0.2, 0) is 23.3 Å². The van der Waals surface area contributed by atoms with E-state index in [2.05, 4.69) is 66.5 Å². The summed E-state index contributed by atoms with van der Waals surface area (Å²) in [5, 5.41) is 3.68. The summed E-state index contributed by atoms with van der Waals surface area (Å²) in [6.07, 6.45) is 1.79. The third-order valence-corrected chi connectivity index (χ3v) is 5.32. The summed E-state index contributed by atoms with van der Waals surface area (Å²) in [7, 11) is 0. The van der Waals surface area contributed by atoms with Crippen molar-refractivity contribution in [2.75, 3.05) is 38.5 Å². The third-order valence-electron chi connectivity index (χ3n) is 5.32. The highest BCUT2D eigenvalue weighted by Gasteiger charge is 2.37. The summed E-state index contributed by atoms with van der Waals surface area (Å²) in [4.78, 5) is 2.39. The Morgan fingerprint density at radius 2 is 1.88 bits per heavy atom. The van der Waals surface area contributed by atoms with E-state index in [4.69, 9.17) is 10.5 Å². The van der Waals surface area contributed by atoms with Gasteiger partial charge in [-0.15, -0.1) is 0 Å². The van der Waals surface area contributed by atoms with E-state index >= 15 is 0 Å². The highest BCUT2D eigenvalue weighted by Crippen LogP contribution is 2.34. The quantitative estimate of drug-likeness (QED) is 0.716. The molecule has 0 aliphatic carbocycles. The van der Waals surface area contributed by atoms with E-state index in [0.717, 1.165) is 44.7 Å². The smallest absolute Gasteiger partial charge is 0.149 e. The second kappa shape index (κ2) is 8.67. The van der Waals surface area contributed by atoms with Crippen molar-refractivity contribution >= 4 is 5.69 Å². The molecule has 0 radical (unpaired) electrons. The van der Waals surface area contributed by atoms with Crippen LogP contribution in [0.25, 0.3) is 0 Å². The molecule has 0 fully saturated rings. The van der Waals surface area contributed by atoms with E-state index < -0.39 is 5.72 Å². The van der Waals surface area contributed by atoms with Gasteiger partial charge in [-0.25, -0.2) is 0 Å². The van der Waals surface area contributed by atoms with Crippen LogP contribution in [0.2, 0.25) is 0 Å². The zero-order valence-corrected chi connectivity index (χ0v) is 16.0. The number of ether oxygens (including phenoxy) is 1. The van der Waals surface area contributed by atoms with Crippen LogP contribution in [-0.4, -0.2) is 37.7 Å². The van der Waals surface area contributed by atoms with Crippen LogP contribution in [0.4, 0.5) is 5.69 Å². The first-order valence-electron chi connectivity index (χ1n) is 9.71. The number of nitrogens with two attached hydrogens (primary N) is 1. The average molecular weight is 354 g/mol. The number of hydrogen-bond donors (Lipinski definition) is 2. The molecule has 0 bridgehead atoms. The van der Waals surface area contributed by atoms with Crippen molar-refractivity contribution in [2.24, 2.45) is 0 Å². The number of rotatable bonds is 8. The van der Waals surface area contributed by atoms with Crippen molar-refractivity contribution in [1.82, 2.24) is 10.2 Å². The first-order chi connectivity index (χ1) is 12.7. The molecule has 1 heterocycles. The van der Waals surface area contributed by atoms with Gasteiger partial charge in [0.1, 0.15) is 5.72 Å². The lowest BCUT2D eigenvalue weighted by atomic mass is 9.86. The molecule has 0 saturated carbocycles. The molecule has 0 spiro atoms. The molecule has 2 aromatic rings. The maximum Gasteiger partial charge on any atom is 0.149 e. The Bertz CT molecular complexity index is 700. The third kappa shape index (κ3) is 4.26. The Balaban J connectivity index is 1.88. The summed E-state index contributed by atoms with van der Waals surface area (Å²) in [6, 6.07) is 16.8. The number of nitrogens with zero attached hydrogens (tertiary/aromatic N) is 1. The number of likely N-dealkylation sites (N-methyl/N-ethyl adjacent to an activating group) is 1. The molecule has 3 N–H and O–H groups in total.